The second kappa shape index (κ2) is 7.99. The SMILES string of the molecule is CC(C)(C)OC(=O)NCC1(CO)CCN(Cc2ccccc2)CC1. The van der Waals surface area contributed by atoms with Crippen LogP contribution in [-0.4, -0.2) is 47.9 Å². The van der Waals surface area contributed by atoms with Gasteiger partial charge in [-0.3, -0.25) is 4.90 Å². The Kier molecular flexibility index (Phi) is 6.24. The van der Waals surface area contributed by atoms with Crippen LogP contribution >= 0.6 is 0 Å². The van der Waals surface area contributed by atoms with Gasteiger partial charge in [-0.15, -0.1) is 0 Å². The summed E-state index contributed by atoms with van der Waals surface area (Å²) < 4.78 is 5.28. The molecule has 5 heteroatoms. The lowest BCUT2D eigenvalue weighted by atomic mass is 9.79. The summed E-state index contributed by atoms with van der Waals surface area (Å²) in [5.41, 5.74) is 0.556. The van der Waals surface area contributed by atoms with Crippen molar-refractivity contribution in [2.24, 2.45) is 5.41 Å². The number of amides is 1. The summed E-state index contributed by atoms with van der Waals surface area (Å²) in [6.45, 7) is 8.85. The van der Waals surface area contributed by atoms with E-state index in [2.05, 4.69) is 34.5 Å². The van der Waals surface area contributed by atoms with Crippen LogP contribution in [0, 0.1) is 5.41 Å². The lowest BCUT2D eigenvalue weighted by Gasteiger charge is -2.40. The Balaban J connectivity index is 1.81. The molecule has 1 aromatic rings. The monoisotopic (exact) mass is 334 g/mol. The first-order chi connectivity index (χ1) is 11.3. The van der Waals surface area contributed by atoms with Gasteiger partial charge in [-0.2, -0.15) is 0 Å². The molecule has 0 aliphatic carbocycles. The molecule has 1 aliphatic heterocycles. The van der Waals surface area contributed by atoms with Crippen LogP contribution in [0.3, 0.4) is 0 Å². The minimum Gasteiger partial charge on any atom is -0.444 e. The zero-order chi connectivity index (χ0) is 17.6. The molecule has 24 heavy (non-hydrogen) atoms. The molecular weight excluding hydrogens is 304 g/mol. The number of ether oxygens (including phenoxy) is 1. The highest BCUT2D eigenvalue weighted by atomic mass is 16.6. The van der Waals surface area contributed by atoms with Crippen LogP contribution in [0.1, 0.15) is 39.2 Å². The summed E-state index contributed by atoms with van der Waals surface area (Å²) in [4.78, 5) is 14.2. The van der Waals surface area contributed by atoms with Crippen molar-refractivity contribution < 1.29 is 14.6 Å². The Morgan fingerprint density at radius 3 is 2.42 bits per heavy atom. The number of hydrogen-bond acceptors (Lipinski definition) is 4. The molecule has 1 amide bonds. The van der Waals surface area contributed by atoms with Gasteiger partial charge in [0, 0.05) is 18.5 Å². The molecule has 0 radical (unpaired) electrons. The van der Waals surface area contributed by atoms with E-state index in [9.17, 15) is 9.90 Å². The number of aliphatic hydroxyl groups excluding tert-OH is 1. The molecule has 2 N–H and O–H groups in total. The predicted octanol–water partition coefficient (Wildman–Crippen LogP) is 2.79. The quantitative estimate of drug-likeness (QED) is 0.869. The highest BCUT2D eigenvalue weighted by molar-refractivity contribution is 5.67. The van der Waals surface area contributed by atoms with E-state index in [1.54, 1.807) is 0 Å². The fourth-order valence-electron chi connectivity index (χ4n) is 2.99. The highest BCUT2D eigenvalue weighted by Gasteiger charge is 2.34. The van der Waals surface area contributed by atoms with Gasteiger partial charge in [0.1, 0.15) is 5.60 Å². The summed E-state index contributed by atoms with van der Waals surface area (Å²) in [6.07, 6.45) is 1.32. The fraction of sp³-hybridized carbons (Fsp3) is 0.632. The van der Waals surface area contributed by atoms with Crippen molar-refractivity contribution in [3.8, 4) is 0 Å². The van der Waals surface area contributed by atoms with Crippen molar-refractivity contribution in [3.63, 3.8) is 0 Å². The lowest BCUT2D eigenvalue weighted by Crippen LogP contribution is -2.48. The molecule has 1 aliphatic rings. The summed E-state index contributed by atoms with van der Waals surface area (Å²) in [6, 6.07) is 10.4. The third kappa shape index (κ3) is 5.80. The number of carbonyl (C=O) groups excluding carboxylic acids is 1. The maximum absolute atomic E-state index is 11.8. The van der Waals surface area contributed by atoms with E-state index in [1.165, 1.54) is 5.56 Å². The highest BCUT2D eigenvalue weighted by Crippen LogP contribution is 2.31. The van der Waals surface area contributed by atoms with Crippen LogP contribution in [0.25, 0.3) is 0 Å². The van der Waals surface area contributed by atoms with Gasteiger partial charge in [0.2, 0.25) is 0 Å². The number of nitrogens with zero attached hydrogens (tertiary/aromatic N) is 1. The first-order valence-corrected chi connectivity index (χ1v) is 8.66. The molecule has 2 rings (SSSR count). The second-order valence-electron chi connectivity index (χ2n) is 7.78. The molecule has 0 saturated carbocycles. The largest absolute Gasteiger partial charge is 0.444 e. The minimum atomic E-state index is -0.504. The van der Waals surface area contributed by atoms with E-state index in [0.29, 0.717) is 6.54 Å². The Hall–Kier alpha value is -1.59. The maximum Gasteiger partial charge on any atom is 0.407 e. The Labute approximate surface area is 145 Å². The average Bonchev–Trinajstić information content (AvgIpc) is 2.54. The van der Waals surface area contributed by atoms with Gasteiger partial charge < -0.3 is 15.2 Å². The van der Waals surface area contributed by atoms with E-state index >= 15 is 0 Å². The second-order valence-corrected chi connectivity index (χ2v) is 7.78. The van der Waals surface area contributed by atoms with Gasteiger partial charge >= 0.3 is 6.09 Å². The van der Waals surface area contributed by atoms with E-state index in [1.807, 2.05) is 26.8 Å². The normalized spacial score (nSPS) is 18.2. The number of carbonyl (C=O) groups is 1. The molecule has 0 unspecified atom stereocenters. The molecular formula is C19H30N2O3. The van der Waals surface area contributed by atoms with Crippen LogP contribution in [-0.2, 0) is 11.3 Å². The smallest absolute Gasteiger partial charge is 0.407 e. The van der Waals surface area contributed by atoms with Gasteiger partial charge in [-0.25, -0.2) is 4.79 Å². The molecule has 5 nitrogen and oxygen atoms in total. The van der Waals surface area contributed by atoms with Crippen molar-refractivity contribution in [2.45, 2.75) is 45.8 Å². The number of nitrogens with one attached hydrogen (secondary N) is 1. The van der Waals surface area contributed by atoms with Crippen molar-refractivity contribution in [1.82, 2.24) is 10.2 Å². The molecule has 1 heterocycles. The molecule has 0 atom stereocenters. The van der Waals surface area contributed by atoms with Crippen molar-refractivity contribution in [1.29, 1.82) is 0 Å². The number of likely N-dealkylation sites (tertiary alicyclic amines) is 1. The average molecular weight is 334 g/mol. The Morgan fingerprint density at radius 1 is 1.25 bits per heavy atom. The molecule has 134 valence electrons. The summed E-state index contributed by atoms with van der Waals surface area (Å²) >= 11 is 0. The van der Waals surface area contributed by atoms with Crippen LogP contribution in [0.15, 0.2) is 30.3 Å². The van der Waals surface area contributed by atoms with E-state index < -0.39 is 11.7 Å². The number of aliphatic hydroxyl groups is 1. The molecule has 0 spiro atoms. The predicted molar refractivity (Wildman–Crippen MR) is 94.7 cm³/mol. The number of piperidine rings is 1. The van der Waals surface area contributed by atoms with Gasteiger partial charge in [-0.1, -0.05) is 30.3 Å². The van der Waals surface area contributed by atoms with Crippen molar-refractivity contribution in [3.05, 3.63) is 35.9 Å². The third-order valence-electron chi connectivity index (χ3n) is 4.51. The fourth-order valence-corrected chi connectivity index (χ4v) is 2.99. The van der Waals surface area contributed by atoms with Crippen LogP contribution in [0.4, 0.5) is 4.79 Å². The lowest BCUT2D eigenvalue weighted by molar-refractivity contribution is 0.0275. The van der Waals surface area contributed by atoms with E-state index in [4.69, 9.17) is 4.74 Å². The van der Waals surface area contributed by atoms with Crippen LogP contribution in [0.2, 0.25) is 0 Å². The Morgan fingerprint density at radius 2 is 1.88 bits per heavy atom. The number of benzene rings is 1. The minimum absolute atomic E-state index is 0.0853. The van der Waals surface area contributed by atoms with E-state index in [0.717, 1.165) is 32.5 Å². The molecule has 0 aromatic heterocycles. The Bertz CT molecular complexity index is 517. The summed E-state index contributed by atoms with van der Waals surface area (Å²) in [5.74, 6) is 0. The summed E-state index contributed by atoms with van der Waals surface area (Å²) in [5, 5.41) is 12.7. The topological polar surface area (TPSA) is 61.8 Å². The first-order valence-electron chi connectivity index (χ1n) is 8.66. The van der Waals surface area contributed by atoms with Crippen LogP contribution in [0.5, 0.6) is 0 Å². The van der Waals surface area contributed by atoms with Gasteiger partial charge in [-0.05, 0) is 52.3 Å². The zero-order valence-electron chi connectivity index (χ0n) is 15.0. The maximum atomic E-state index is 11.8. The first kappa shape index (κ1) is 18.7. The molecule has 0 bridgehead atoms. The van der Waals surface area contributed by atoms with Gasteiger partial charge in [0.25, 0.3) is 0 Å². The third-order valence-corrected chi connectivity index (χ3v) is 4.51. The number of rotatable bonds is 5. The molecule has 1 saturated heterocycles. The van der Waals surface area contributed by atoms with Gasteiger partial charge in [0.15, 0.2) is 0 Å². The zero-order valence-corrected chi connectivity index (χ0v) is 15.0. The van der Waals surface area contributed by atoms with Crippen molar-refractivity contribution >= 4 is 6.09 Å². The number of alkyl carbamates (subject to hydrolysis) is 1. The van der Waals surface area contributed by atoms with Crippen LogP contribution < -0.4 is 5.32 Å². The van der Waals surface area contributed by atoms with E-state index in [-0.39, 0.29) is 12.0 Å². The van der Waals surface area contributed by atoms with Gasteiger partial charge in [0.05, 0.1) is 6.61 Å². The summed E-state index contributed by atoms with van der Waals surface area (Å²) in [7, 11) is 0. The van der Waals surface area contributed by atoms with Crippen molar-refractivity contribution in [2.75, 3.05) is 26.2 Å². The molecule has 1 fully saturated rings. The molecule has 1 aromatic carbocycles. The standard InChI is InChI=1S/C19H30N2O3/c1-18(2,3)24-17(23)20-14-19(15-22)9-11-21(12-10-19)13-16-7-5-4-6-8-16/h4-8,22H,9-15H2,1-3H3,(H,20,23). The number of hydrogen-bond donors (Lipinski definition) is 2.